The first-order valence-corrected chi connectivity index (χ1v) is 16.2. The summed E-state index contributed by atoms with van der Waals surface area (Å²) in [6, 6.07) is 15.1. The Labute approximate surface area is 291 Å². The Bertz CT molecular complexity index is 2060. The van der Waals surface area contributed by atoms with Crippen molar-refractivity contribution in [1.29, 1.82) is 0 Å². The standard InChI is InChI=1S/C36H33N5O10/c1-36-25(33(44)39(35(36)46)18-8-6-5-7-9-18)17-24-21(30(36)22-11-10-20(51-4)16-28(22)42)12-13-23-29(24)34(45)38(32(23)43)19-14-26(40(47)48)31(37(2)3)27(15-19)41(49)50/h5-12,14-16,23-25,29-30,42H,13,17H2,1-4H3. The third kappa shape index (κ3) is 4.71. The second-order valence-corrected chi connectivity index (χ2v) is 13.7. The van der Waals surface area contributed by atoms with E-state index >= 15 is 0 Å². The van der Waals surface area contributed by atoms with Gasteiger partial charge in [0, 0.05) is 43.8 Å². The number of carbonyl (C=O) groups excluding carboxylic acids is 4. The lowest BCUT2D eigenvalue weighted by molar-refractivity contribution is -0.392. The maximum Gasteiger partial charge on any atom is 0.301 e. The molecule has 3 fully saturated rings. The summed E-state index contributed by atoms with van der Waals surface area (Å²) in [6.07, 6.45) is 1.87. The Kier molecular flexibility index (Phi) is 7.69. The second kappa shape index (κ2) is 11.7. The number of nitrogens with zero attached hydrogens (tertiary/aromatic N) is 5. The number of anilines is 3. The van der Waals surface area contributed by atoms with Crippen LogP contribution in [0.25, 0.3) is 0 Å². The number of methoxy groups -OCH3 is 1. The Morgan fingerprint density at radius 1 is 0.863 bits per heavy atom. The van der Waals surface area contributed by atoms with Crippen molar-refractivity contribution in [3.63, 3.8) is 0 Å². The summed E-state index contributed by atoms with van der Waals surface area (Å²) in [5.74, 6) is -6.78. The molecular weight excluding hydrogens is 662 g/mol. The molecule has 0 bridgehead atoms. The van der Waals surface area contributed by atoms with Crippen LogP contribution in [0, 0.1) is 49.3 Å². The fraction of sp³-hybridized carbons (Fsp3) is 0.333. The minimum absolute atomic E-state index is 0.0253. The van der Waals surface area contributed by atoms with Crippen molar-refractivity contribution in [1.82, 2.24) is 0 Å². The molecule has 2 aliphatic carbocycles. The number of carbonyl (C=O) groups is 4. The van der Waals surface area contributed by atoms with E-state index in [1.54, 1.807) is 55.5 Å². The van der Waals surface area contributed by atoms with Crippen LogP contribution in [0.15, 0.2) is 72.3 Å². The number of aromatic hydroxyl groups is 1. The van der Waals surface area contributed by atoms with Gasteiger partial charge in [0.25, 0.3) is 0 Å². The summed E-state index contributed by atoms with van der Waals surface area (Å²) in [7, 11) is 4.25. The van der Waals surface area contributed by atoms with E-state index in [0.717, 1.165) is 21.9 Å². The van der Waals surface area contributed by atoms with Gasteiger partial charge in [-0.15, -0.1) is 0 Å². The molecule has 1 N–H and O–H groups in total. The van der Waals surface area contributed by atoms with E-state index in [1.165, 1.54) is 32.2 Å². The van der Waals surface area contributed by atoms with Crippen molar-refractivity contribution in [3.05, 3.63) is 98.1 Å². The molecule has 0 radical (unpaired) electrons. The predicted octanol–water partition coefficient (Wildman–Crippen LogP) is 4.72. The molecule has 2 aliphatic heterocycles. The molecule has 2 heterocycles. The molecule has 7 rings (SSSR count). The zero-order valence-corrected chi connectivity index (χ0v) is 28.0. The number of rotatable bonds is 7. The van der Waals surface area contributed by atoms with Gasteiger partial charge in [0.2, 0.25) is 23.6 Å². The van der Waals surface area contributed by atoms with Crippen LogP contribution in [-0.2, 0) is 19.2 Å². The van der Waals surface area contributed by atoms with Gasteiger partial charge in [0.15, 0.2) is 5.69 Å². The number of para-hydroxylation sites is 1. The predicted molar refractivity (Wildman–Crippen MR) is 182 cm³/mol. The average Bonchev–Trinajstić information content (AvgIpc) is 3.47. The number of benzene rings is 3. The Balaban J connectivity index is 1.37. The number of phenols is 1. The van der Waals surface area contributed by atoms with E-state index in [4.69, 9.17) is 4.74 Å². The SMILES string of the molecule is COc1ccc(C2C3=CCC4C(=O)N(c5cc([N+](=O)[O-])c(N(C)C)c([N+](=O)[O-])c5)C(=O)C4C3CC3C(=O)N(c4ccccc4)C(=O)C32C)c(O)c1. The van der Waals surface area contributed by atoms with Gasteiger partial charge in [-0.3, -0.25) is 39.4 Å². The molecule has 51 heavy (non-hydrogen) atoms. The monoisotopic (exact) mass is 695 g/mol. The average molecular weight is 696 g/mol. The van der Waals surface area contributed by atoms with Crippen LogP contribution in [0.5, 0.6) is 11.5 Å². The molecule has 2 saturated heterocycles. The minimum Gasteiger partial charge on any atom is -0.508 e. The van der Waals surface area contributed by atoms with Gasteiger partial charge in [-0.2, -0.15) is 0 Å². The topological polar surface area (TPSA) is 194 Å². The van der Waals surface area contributed by atoms with Crippen LogP contribution in [0.2, 0.25) is 0 Å². The fourth-order valence-electron chi connectivity index (χ4n) is 8.79. The lowest BCUT2D eigenvalue weighted by Crippen LogP contribution is -2.48. The highest BCUT2D eigenvalue weighted by Crippen LogP contribution is 2.64. The van der Waals surface area contributed by atoms with Gasteiger partial charge in [-0.05, 0) is 43.9 Å². The highest BCUT2D eigenvalue weighted by molar-refractivity contribution is 6.25. The Morgan fingerprint density at radius 2 is 1.51 bits per heavy atom. The molecule has 0 spiro atoms. The smallest absolute Gasteiger partial charge is 0.301 e. The molecule has 15 heteroatoms. The number of allylic oxidation sites excluding steroid dienone is 2. The lowest BCUT2D eigenvalue weighted by Gasteiger charge is -2.49. The van der Waals surface area contributed by atoms with Crippen molar-refractivity contribution in [3.8, 4) is 11.5 Å². The van der Waals surface area contributed by atoms with E-state index < -0.39 is 79.9 Å². The van der Waals surface area contributed by atoms with E-state index in [0.29, 0.717) is 22.6 Å². The van der Waals surface area contributed by atoms with Crippen molar-refractivity contribution in [2.24, 2.45) is 29.1 Å². The van der Waals surface area contributed by atoms with Crippen LogP contribution in [0.4, 0.5) is 28.4 Å². The van der Waals surface area contributed by atoms with Gasteiger partial charge in [0.05, 0.1) is 51.5 Å². The van der Waals surface area contributed by atoms with Gasteiger partial charge in [0.1, 0.15) is 11.5 Å². The van der Waals surface area contributed by atoms with E-state index in [1.807, 2.05) is 0 Å². The summed E-state index contributed by atoms with van der Waals surface area (Å²) in [5.41, 5.74) is -1.99. The summed E-state index contributed by atoms with van der Waals surface area (Å²) in [6.45, 7) is 1.69. The summed E-state index contributed by atoms with van der Waals surface area (Å²) < 4.78 is 5.29. The van der Waals surface area contributed by atoms with E-state index in [9.17, 15) is 44.5 Å². The third-order valence-corrected chi connectivity index (χ3v) is 11.0. The molecule has 6 unspecified atom stereocenters. The van der Waals surface area contributed by atoms with Crippen molar-refractivity contribution >= 4 is 52.1 Å². The Morgan fingerprint density at radius 3 is 2.08 bits per heavy atom. The normalized spacial score (nSPS) is 26.7. The van der Waals surface area contributed by atoms with Gasteiger partial charge >= 0.3 is 11.4 Å². The lowest BCUT2D eigenvalue weighted by atomic mass is 9.51. The van der Waals surface area contributed by atoms with E-state index in [-0.39, 0.29) is 30.0 Å². The zero-order valence-electron chi connectivity index (χ0n) is 28.0. The van der Waals surface area contributed by atoms with Crippen LogP contribution in [0.3, 0.4) is 0 Å². The molecule has 0 aromatic heterocycles. The summed E-state index contributed by atoms with van der Waals surface area (Å²) in [5, 5.41) is 35.5. The number of fused-ring (bicyclic) bond motifs is 4. The van der Waals surface area contributed by atoms with E-state index in [2.05, 4.69) is 0 Å². The van der Waals surface area contributed by atoms with Crippen molar-refractivity contribution < 1.29 is 38.9 Å². The summed E-state index contributed by atoms with van der Waals surface area (Å²) in [4.78, 5) is 83.1. The molecule has 4 amide bonds. The largest absolute Gasteiger partial charge is 0.508 e. The molecule has 3 aromatic rings. The maximum atomic E-state index is 14.5. The number of imide groups is 2. The number of phenolic OH excluding ortho intramolecular Hbond substituents is 1. The number of ether oxygens (including phenoxy) is 1. The van der Waals surface area contributed by atoms with Gasteiger partial charge in [-0.25, -0.2) is 9.80 Å². The Hall–Kier alpha value is -6.12. The number of nitro benzene ring substituents is 2. The zero-order chi connectivity index (χ0) is 36.7. The highest BCUT2D eigenvalue weighted by atomic mass is 16.6. The first kappa shape index (κ1) is 33.4. The van der Waals surface area contributed by atoms with Crippen molar-refractivity contribution in [2.45, 2.75) is 25.7 Å². The molecule has 15 nitrogen and oxygen atoms in total. The first-order valence-electron chi connectivity index (χ1n) is 16.2. The molecule has 3 aromatic carbocycles. The highest BCUT2D eigenvalue weighted by Gasteiger charge is 2.68. The summed E-state index contributed by atoms with van der Waals surface area (Å²) >= 11 is 0. The first-order chi connectivity index (χ1) is 24.2. The molecule has 1 saturated carbocycles. The van der Waals surface area contributed by atoms with Crippen LogP contribution < -0.4 is 19.4 Å². The number of hydrogen-bond donors (Lipinski definition) is 1. The van der Waals surface area contributed by atoms with Gasteiger partial charge < -0.3 is 14.7 Å². The fourth-order valence-corrected chi connectivity index (χ4v) is 8.79. The van der Waals surface area contributed by atoms with Crippen LogP contribution in [-0.4, -0.2) is 59.8 Å². The van der Waals surface area contributed by atoms with Crippen LogP contribution in [0.1, 0.15) is 31.2 Å². The van der Waals surface area contributed by atoms with Gasteiger partial charge in [-0.1, -0.05) is 35.9 Å². The molecule has 6 atom stereocenters. The van der Waals surface area contributed by atoms with Crippen LogP contribution >= 0.6 is 0 Å². The number of amides is 4. The number of nitro groups is 2. The minimum atomic E-state index is -1.40. The maximum absolute atomic E-state index is 14.5. The quantitative estimate of drug-likeness (QED) is 0.156. The third-order valence-electron chi connectivity index (χ3n) is 11.0. The molecular formula is C36H33N5O10. The second-order valence-electron chi connectivity index (χ2n) is 13.7. The molecule has 262 valence electrons. The number of hydrogen-bond acceptors (Lipinski definition) is 11. The molecule has 4 aliphatic rings. The van der Waals surface area contributed by atoms with Crippen molar-refractivity contribution in [2.75, 3.05) is 35.9 Å².